The molecule has 3 aromatic carbocycles. The summed E-state index contributed by atoms with van der Waals surface area (Å²) < 4.78 is 30.7. The maximum absolute atomic E-state index is 13.2. The van der Waals surface area contributed by atoms with Crippen molar-refractivity contribution in [2.45, 2.75) is 32.8 Å². The van der Waals surface area contributed by atoms with Crippen LogP contribution in [-0.2, 0) is 17.8 Å². The number of aryl methyl sites for hydroxylation is 1. The van der Waals surface area contributed by atoms with Crippen LogP contribution in [0.5, 0.6) is 11.5 Å². The van der Waals surface area contributed by atoms with Crippen LogP contribution in [0.4, 0.5) is 4.39 Å². The Bertz CT molecular complexity index is 1280. The number of aliphatic carboxylic acids is 1. The Hall–Kier alpha value is -4.13. The molecule has 0 amide bonds. The summed E-state index contributed by atoms with van der Waals surface area (Å²) in [6.45, 7) is 3.99. The summed E-state index contributed by atoms with van der Waals surface area (Å²) in [6.07, 6.45) is 0.552. The molecule has 0 aliphatic carbocycles. The normalized spacial score (nSPS) is 11.7. The van der Waals surface area contributed by atoms with Crippen LogP contribution in [0.25, 0.3) is 11.5 Å². The topological polar surface area (TPSA) is 81.8 Å². The van der Waals surface area contributed by atoms with Crippen LogP contribution in [0.15, 0.2) is 77.2 Å². The molecule has 0 spiro atoms. The summed E-state index contributed by atoms with van der Waals surface area (Å²) in [5, 5.41) is 9.49. The number of oxazole rings is 1. The average Bonchev–Trinajstić information content (AvgIpc) is 3.24. The summed E-state index contributed by atoms with van der Waals surface area (Å²) in [4.78, 5) is 16.2. The molecule has 4 rings (SSSR count). The SMILES string of the molecule is Cc1oc(-c2ccccc2)nc1CCOc1ccc(C(C)C(=O)O)c(COc2ccc(F)cc2)c1. The van der Waals surface area contributed by atoms with Gasteiger partial charge >= 0.3 is 5.97 Å². The van der Waals surface area contributed by atoms with Crippen LogP contribution in [0.3, 0.4) is 0 Å². The van der Waals surface area contributed by atoms with Crippen molar-refractivity contribution in [3.63, 3.8) is 0 Å². The number of aromatic nitrogens is 1. The van der Waals surface area contributed by atoms with E-state index in [1.807, 2.05) is 37.3 Å². The second kappa shape index (κ2) is 10.9. The predicted molar refractivity (Wildman–Crippen MR) is 129 cm³/mol. The number of hydrogen-bond acceptors (Lipinski definition) is 5. The molecule has 0 fully saturated rings. The lowest BCUT2D eigenvalue weighted by Gasteiger charge is -2.16. The van der Waals surface area contributed by atoms with Crippen molar-refractivity contribution in [1.29, 1.82) is 0 Å². The number of halogens is 1. The van der Waals surface area contributed by atoms with E-state index in [9.17, 15) is 14.3 Å². The van der Waals surface area contributed by atoms with Gasteiger partial charge < -0.3 is 19.0 Å². The van der Waals surface area contributed by atoms with Crippen molar-refractivity contribution in [1.82, 2.24) is 4.98 Å². The summed E-state index contributed by atoms with van der Waals surface area (Å²) in [7, 11) is 0. The van der Waals surface area contributed by atoms with Crippen molar-refractivity contribution in [2.75, 3.05) is 6.61 Å². The van der Waals surface area contributed by atoms with Gasteiger partial charge in [-0.25, -0.2) is 9.37 Å². The lowest BCUT2D eigenvalue weighted by molar-refractivity contribution is -0.138. The number of carboxylic acid groups (broad SMARTS) is 1. The molecule has 0 bridgehead atoms. The Morgan fingerprint density at radius 1 is 1.03 bits per heavy atom. The molecule has 1 atom stereocenters. The quantitative estimate of drug-likeness (QED) is 0.295. The third-order valence-electron chi connectivity index (χ3n) is 5.68. The third-order valence-corrected chi connectivity index (χ3v) is 5.68. The fourth-order valence-electron chi connectivity index (χ4n) is 3.67. The molecule has 1 N–H and O–H groups in total. The van der Waals surface area contributed by atoms with Crippen LogP contribution in [0, 0.1) is 12.7 Å². The second-order valence-corrected chi connectivity index (χ2v) is 8.15. The summed E-state index contributed by atoms with van der Waals surface area (Å²) in [5.41, 5.74) is 3.05. The average molecular weight is 476 g/mol. The van der Waals surface area contributed by atoms with Crippen molar-refractivity contribution in [3.8, 4) is 23.0 Å². The fraction of sp³-hybridized carbons (Fsp3) is 0.214. The Morgan fingerprint density at radius 2 is 1.74 bits per heavy atom. The highest BCUT2D eigenvalue weighted by Crippen LogP contribution is 2.27. The zero-order valence-corrected chi connectivity index (χ0v) is 19.5. The summed E-state index contributed by atoms with van der Waals surface area (Å²) >= 11 is 0. The largest absolute Gasteiger partial charge is 0.493 e. The van der Waals surface area contributed by atoms with E-state index in [2.05, 4.69) is 4.98 Å². The minimum atomic E-state index is -0.933. The fourth-order valence-corrected chi connectivity index (χ4v) is 3.67. The molecule has 0 radical (unpaired) electrons. The van der Waals surface area contributed by atoms with E-state index in [0.29, 0.717) is 41.5 Å². The number of ether oxygens (including phenoxy) is 2. The van der Waals surface area contributed by atoms with Crippen LogP contribution < -0.4 is 9.47 Å². The molecule has 35 heavy (non-hydrogen) atoms. The first-order chi connectivity index (χ1) is 16.9. The van der Waals surface area contributed by atoms with Crippen molar-refractivity contribution in [3.05, 3.63) is 101 Å². The van der Waals surface area contributed by atoms with E-state index in [1.165, 1.54) is 24.3 Å². The molecule has 1 heterocycles. The Labute approximate surface area is 203 Å². The van der Waals surface area contributed by atoms with Gasteiger partial charge in [0.05, 0.1) is 18.2 Å². The van der Waals surface area contributed by atoms with Gasteiger partial charge in [-0.15, -0.1) is 0 Å². The molecule has 1 unspecified atom stereocenters. The molecule has 4 aromatic rings. The monoisotopic (exact) mass is 475 g/mol. The zero-order chi connectivity index (χ0) is 24.8. The lowest BCUT2D eigenvalue weighted by atomic mass is 9.96. The number of carboxylic acids is 1. The highest BCUT2D eigenvalue weighted by molar-refractivity contribution is 5.76. The van der Waals surface area contributed by atoms with E-state index in [-0.39, 0.29) is 12.4 Å². The van der Waals surface area contributed by atoms with Gasteiger partial charge in [0.2, 0.25) is 5.89 Å². The van der Waals surface area contributed by atoms with Crippen LogP contribution in [0.2, 0.25) is 0 Å². The van der Waals surface area contributed by atoms with Gasteiger partial charge in [0.1, 0.15) is 29.7 Å². The van der Waals surface area contributed by atoms with E-state index < -0.39 is 11.9 Å². The Kier molecular flexibility index (Phi) is 7.45. The second-order valence-electron chi connectivity index (χ2n) is 8.15. The van der Waals surface area contributed by atoms with Gasteiger partial charge in [0, 0.05) is 12.0 Å². The predicted octanol–water partition coefficient (Wildman–Crippen LogP) is 6.18. The molecule has 6 nitrogen and oxygen atoms in total. The molecular formula is C28H26FNO5. The Balaban J connectivity index is 1.45. The minimum Gasteiger partial charge on any atom is -0.493 e. The lowest BCUT2D eigenvalue weighted by Crippen LogP contribution is -2.12. The first kappa shape index (κ1) is 24.0. The first-order valence-electron chi connectivity index (χ1n) is 11.3. The van der Waals surface area contributed by atoms with Gasteiger partial charge in [-0.3, -0.25) is 4.79 Å². The van der Waals surface area contributed by atoms with E-state index in [1.54, 1.807) is 25.1 Å². The van der Waals surface area contributed by atoms with Crippen LogP contribution in [0.1, 0.15) is 35.4 Å². The third kappa shape index (κ3) is 6.06. The molecule has 0 aliphatic rings. The van der Waals surface area contributed by atoms with Crippen molar-refractivity contribution < 1.29 is 28.2 Å². The van der Waals surface area contributed by atoms with Gasteiger partial charge in [-0.05, 0) is 73.5 Å². The van der Waals surface area contributed by atoms with E-state index in [4.69, 9.17) is 13.9 Å². The minimum absolute atomic E-state index is 0.124. The first-order valence-corrected chi connectivity index (χ1v) is 11.3. The number of rotatable bonds is 10. The molecule has 0 saturated carbocycles. The number of benzene rings is 3. The number of carbonyl (C=O) groups is 1. The van der Waals surface area contributed by atoms with E-state index >= 15 is 0 Å². The summed E-state index contributed by atoms with van der Waals surface area (Å²) in [5.74, 6) is 0.390. The highest BCUT2D eigenvalue weighted by Gasteiger charge is 2.19. The van der Waals surface area contributed by atoms with Gasteiger partial charge in [0.15, 0.2) is 0 Å². The number of hydrogen-bond donors (Lipinski definition) is 1. The molecule has 0 saturated heterocycles. The maximum Gasteiger partial charge on any atom is 0.310 e. The molecule has 7 heteroatoms. The molecular weight excluding hydrogens is 449 g/mol. The Morgan fingerprint density at radius 3 is 2.46 bits per heavy atom. The van der Waals surface area contributed by atoms with Crippen LogP contribution >= 0.6 is 0 Å². The zero-order valence-electron chi connectivity index (χ0n) is 19.5. The maximum atomic E-state index is 13.2. The highest BCUT2D eigenvalue weighted by atomic mass is 19.1. The van der Waals surface area contributed by atoms with Gasteiger partial charge in [-0.2, -0.15) is 0 Å². The summed E-state index contributed by atoms with van der Waals surface area (Å²) in [6, 6.07) is 20.6. The van der Waals surface area contributed by atoms with Crippen molar-refractivity contribution >= 4 is 5.97 Å². The standard InChI is InChI=1S/C28H26FNO5/c1-18(28(31)32)25-13-12-24(16-21(25)17-34-23-10-8-22(29)9-11-23)33-15-14-26-19(2)35-27(30-26)20-6-4-3-5-7-20/h3-13,16,18H,14-15,17H2,1-2H3,(H,31,32). The molecule has 180 valence electrons. The molecule has 0 aliphatic heterocycles. The van der Waals surface area contributed by atoms with Crippen molar-refractivity contribution in [2.24, 2.45) is 0 Å². The van der Waals surface area contributed by atoms with Crippen LogP contribution in [-0.4, -0.2) is 22.7 Å². The van der Waals surface area contributed by atoms with E-state index in [0.717, 1.165) is 17.0 Å². The smallest absolute Gasteiger partial charge is 0.310 e. The van der Waals surface area contributed by atoms with Gasteiger partial charge in [-0.1, -0.05) is 24.3 Å². The van der Waals surface area contributed by atoms with Gasteiger partial charge in [0.25, 0.3) is 0 Å². The molecule has 1 aromatic heterocycles. The number of nitrogens with zero attached hydrogens (tertiary/aromatic N) is 1.